The quantitative estimate of drug-likeness (QED) is 0.550. The molecule has 1 saturated carbocycles. The van der Waals surface area contributed by atoms with Crippen molar-refractivity contribution >= 4 is 23.5 Å². The Labute approximate surface area is 166 Å². The molecule has 1 aromatic carbocycles. The van der Waals surface area contributed by atoms with Crippen molar-refractivity contribution in [1.29, 1.82) is 0 Å². The highest BCUT2D eigenvalue weighted by molar-refractivity contribution is 5.96. The van der Waals surface area contributed by atoms with Crippen molar-refractivity contribution in [2.45, 2.75) is 51.1 Å². The third kappa shape index (κ3) is 6.84. The van der Waals surface area contributed by atoms with Gasteiger partial charge >= 0.3 is 6.03 Å². The average molecular weight is 391 g/mol. The van der Waals surface area contributed by atoms with E-state index < -0.39 is 18.0 Å². The largest absolute Gasteiger partial charge is 0.497 e. The van der Waals surface area contributed by atoms with Crippen molar-refractivity contribution < 1.29 is 24.0 Å². The number of likely N-dealkylation sites (N-methyl/N-ethyl adjacent to an activating group) is 1. The van der Waals surface area contributed by atoms with Crippen LogP contribution in [-0.4, -0.2) is 50.6 Å². The molecule has 8 nitrogen and oxygen atoms in total. The number of amides is 4. The Morgan fingerprint density at radius 3 is 2.39 bits per heavy atom. The minimum Gasteiger partial charge on any atom is -0.497 e. The molecule has 0 bridgehead atoms. The first-order chi connectivity index (χ1) is 13.4. The van der Waals surface area contributed by atoms with Gasteiger partial charge in [-0.1, -0.05) is 19.3 Å². The maximum Gasteiger partial charge on any atom is 0.321 e. The maximum absolute atomic E-state index is 12.3. The van der Waals surface area contributed by atoms with Gasteiger partial charge in [0.1, 0.15) is 5.75 Å². The number of methoxy groups -OCH3 is 1. The van der Waals surface area contributed by atoms with Crippen molar-refractivity contribution in [2.75, 3.05) is 26.0 Å². The summed E-state index contributed by atoms with van der Waals surface area (Å²) in [7, 11) is 3.32. The first-order valence-corrected chi connectivity index (χ1v) is 9.76. The van der Waals surface area contributed by atoms with Gasteiger partial charge in [-0.25, -0.2) is 4.79 Å². The van der Waals surface area contributed by atoms with E-state index in [9.17, 15) is 14.4 Å². The van der Waals surface area contributed by atoms with Crippen LogP contribution >= 0.6 is 0 Å². The van der Waals surface area contributed by atoms with Crippen LogP contribution < -0.4 is 25.6 Å². The zero-order chi connectivity index (χ0) is 20.5. The zero-order valence-corrected chi connectivity index (χ0v) is 16.8. The van der Waals surface area contributed by atoms with Crippen LogP contribution in [0.4, 0.5) is 10.5 Å². The normalized spacial score (nSPS) is 16.5. The van der Waals surface area contributed by atoms with Gasteiger partial charge in [-0.15, -0.1) is 0 Å². The fourth-order valence-electron chi connectivity index (χ4n) is 3.20. The lowest BCUT2D eigenvalue weighted by molar-refractivity contribution is -0.885. The molecule has 2 atom stereocenters. The van der Waals surface area contributed by atoms with Crippen LogP contribution in [0.1, 0.15) is 39.0 Å². The molecule has 0 radical (unpaired) electrons. The number of urea groups is 1. The third-order valence-corrected chi connectivity index (χ3v) is 5.12. The number of anilines is 1. The highest BCUT2D eigenvalue weighted by Crippen LogP contribution is 2.17. The van der Waals surface area contributed by atoms with Gasteiger partial charge < -0.3 is 20.3 Å². The van der Waals surface area contributed by atoms with Crippen molar-refractivity contribution in [3.63, 3.8) is 0 Å². The van der Waals surface area contributed by atoms with E-state index in [1.165, 1.54) is 6.42 Å². The average Bonchev–Trinajstić information content (AvgIpc) is 2.68. The van der Waals surface area contributed by atoms with Crippen LogP contribution in [0.5, 0.6) is 5.75 Å². The molecule has 1 unspecified atom stereocenters. The lowest BCUT2D eigenvalue weighted by Crippen LogP contribution is -3.15. The number of quaternary nitrogens is 1. The predicted molar refractivity (Wildman–Crippen MR) is 106 cm³/mol. The molecule has 1 aliphatic carbocycles. The summed E-state index contributed by atoms with van der Waals surface area (Å²) in [5.41, 5.74) is 0.655. The Kier molecular flexibility index (Phi) is 8.25. The molecule has 154 valence electrons. The predicted octanol–water partition coefficient (Wildman–Crippen LogP) is 0.695. The number of benzene rings is 1. The molecule has 1 fully saturated rings. The minimum atomic E-state index is -0.543. The van der Waals surface area contributed by atoms with Gasteiger partial charge in [0.2, 0.25) is 0 Å². The molecular formula is C20H31N4O4+. The van der Waals surface area contributed by atoms with Crippen LogP contribution in [0.3, 0.4) is 0 Å². The van der Waals surface area contributed by atoms with Crippen LogP contribution in [-0.2, 0) is 9.59 Å². The van der Waals surface area contributed by atoms with E-state index >= 15 is 0 Å². The van der Waals surface area contributed by atoms with E-state index in [-0.39, 0.29) is 18.5 Å². The molecule has 4 amide bonds. The van der Waals surface area contributed by atoms with Gasteiger partial charge in [-0.05, 0) is 44.0 Å². The molecular weight excluding hydrogens is 360 g/mol. The summed E-state index contributed by atoms with van der Waals surface area (Å²) >= 11 is 0. The number of carbonyl (C=O) groups excluding carboxylic acids is 3. The van der Waals surface area contributed by atoms with Crippen LogP contribution in [0.2, 0.25) is 0 Å². The van der Waals surface area contributed by atoms with Gasteiger partial charge in [0.25, 0.3) is 11.8 Å². The molecule has 0 aliphatic heterocycles. The summed E-state index contributed by atoms with van der Waals surface area (Å²) in [6.45, 7) is 1.80. The number of nitrogens with one attached hydrogen (secondary N) is 4. The number of rotatable bonds is 7. The van der Waals surface area contributed by atoms with E-state index in [0.717, 1.165) is 25.7 Å². The molecule has 0 spiro atoms. The molecule has 2 rings (SSSR count). The van der Waals surface area contributed by atoms with Crippen LogP contribution in [0, 0.1) is 0 Å². The standard InChI is InChI=1S/C20H30N4O4/c1-14(19(26)23-20(27)22-15-7-5-4-6-8-15)24(2)13-18(25)21-16-9-11-17(28-3)12-10-16/h9-12,14-15H,4-8,13H2,1-3H3,(H,21,25)(H2,22,23,26,27)/p+1/t14-/m0/s1. The van der Waals surface area contributed by atoms with E-state index in [1.807, 2.05) is 0 Å². The Balaban J connectivity index is 1.76. The molecule has 0 saturated heterocycles. The number of hydrogen-bond acceptors (Lipinski definition) is 4. The maximum atomic E-state index is 12.3. The van der Waals surface area contributed by atoms with Gasteiger partial charge in [0, 0.05) is 11.7 Å². The second-order valence-electron chi connectivity index (χ2n) is 7.32. The number of carbonyl (C=O) groups is 3. The van der Waals surface area contributed by atoms with Gasteiger partial charge in [-0.2, -0.15) is 0 Å². The van der Waals surface area contributed by atoms with Crippen molar-refractivity contribution in [2.24, 2.45) is 0 Å². The molecule has 8 heteroatoms. The van der Waals surface area contributed by atoms with Crippen LogP contribution in [0.25, 0.3) is 0 Å². The fraction of sp³-hybridized carbons (Fsp3) is 0.550. The lowest BCUT2D eigenvalue weighted by Gasteiger charge is -2.24. The molecule has 1 aliphatic rings. The Hall–Kier alpha value is -2.61. The Bertz CT molecular complexity index is 671. The highest BCUT2D eigenvalue weighted by atomic mass is 16.5. The van der Waals surface area contributed by atoms with Crippen molar-refractivity contribution in [3.05, 3.63) is 24.3 Å². The molecule has 4 N–H and O–H groups in total. The summed E-state index contributed by atoms with van der Waals surface area (Å²) in [6, 6.07) is 6.14. The van der Waals surface area contributed by atoms with E-state index in [1.54, 1.807) is 45.3 Å². The second-order valence-corrected chi connectivity index (χ2v) is 7.32. The first kappa shape index (κ1) is 21.7. The van der Waals surface area contributed by atoms with Crippen molar-refractivity contribution in [3.8, 4) is 5.75 Å². The summed E-state index contributed by atoms with van der Waals surface area (Å²) in [5.74, 6) is 0.0922. The zero-order valence-electron chi connectivity index (χ0n) is 16.8. The van der Waals surface area contributed by atoms with Crippen molar-refractivity contribution in [1.82, 2.24) is 10.6 Å². The summed E-state index contributed by atoms with van der Waals surface area (Å²) in [4.78, 5) is 37.2. The van der Waals surface area contributed by atoms with E-state index in [0.29, 0.717) is 16.3 Å². The lowest BCUT2D eigenvalue weighted by atomic mass is 9.96. The Morgan fingerprint density at radius 2 is 1.79 bits per heavy atom. The van der Waals surface area contributed by atoms with Gasteiger partial charge in [0.05, 0.1) is 14.2 Å². The number of hydrogen-bond donors (Lipinski definition) is 4. The summed E-state index contributed by atoms with van der Waals surface area (Å²) in [6.07, 6.45) is 5.31. The minimum absolute atomic E-state index is 0.102. The van der Waals surface area contributed by atoms with Crippen LogP contribution in [0.15, 0.2) is 24.3 Å². The summed E-state index contributed by atoms with van der Waals surface area (Å²) < 4.78 is 5.08. The van der Waals surface area contributed by atoms with Gasteiger partial charge in [0.15, 0.2) is 12.6 Å². The molecule has 0 heterocycles. The highest BCUT2D eigenvalue weighted by Gasteiger charge is 2.26. The SMILES string of the molecule is COc1ccc(NC(=O)C[NH+](C)[C@@H](C)C(=O)NC(=O)NC2CCCCC2)cc1. The van der Waals surface area contributed by atoms with E-state index in [4.69, 9.17) is 4.74 Å². The molecule has 28 heavy (non-hydrogen) atoms. The topological polar surface area (TPSA) is 101 Å². The molecule has 0 aromatic heterocycles. The smallest absolute Gasteiger partial charge is 0.321 e. The second kappa shape index (κ2) is 10.7. The Morgan fingerprint density at radius 1 is 1.14 bits per heavy atom. The van der Waals surface area contributed by atoms with Gasteiger partial charge in [-0.3, -0.25) is 14.9 Å². The van der Waals surface area contributed by atoms with E-state index in [2.05, 4.69) is 16.0 Å². The fourth-order valence-corrected chi connectivity index (χ4v) is 3.20. The monoisotopic (exact) mass is 391 g/mol. The number of ether oxygens (including phenoxy) is 1. The number of imide groups is 1. The first-order valence-electron chi connectivity index (χ1n) is 9.76. The summed E-state index contributed by atoms with van der Waals surface area (Å²) in [5, 5.41) is 8.03. The third-order valence-electron chi connectivity index (χ3n) is 5.12. The molecule has 1 aromatic rings.